The number of nitrogens with zero attached hydrogens (tertiary/aromatic N) is 1. The molecule has 5 heteroatoms. The van der Waals surface area contributed by atoms with Gasteiger partial charge in [0.1, 0.15) is 18.0 Å². The summed E-state index contributed by atoms with van der Waals surface area (Å²) in [5, 5.41) is 21.7. The average Bonchev–Trinajstić information content (AvgIpc) is 2.98. The molecule has 1 spiro atoms. The Bertz CT molecular complexity index is 817. The minimum absolute atomic E-state index is 0.0341. The molecule has 3 aliphatic rings. The normalized spacial score (nSPS) is 36.1. The van der Waals surface area contributed by atoms with E-state index in [1.165, 1.54) is 6.92 Å². The zero-order valence-corrected chi connectivity index (χ0v) is 16.5. The molecule has 5 nitrogen and oxygen atoms in total. The number of hydrogen-bond acceptors (Lipinski definition) is 5. The molecule has 27 heavy (non-hydrogen) atoms. The summed E-state index contributed by atoms with van der Waals surface area (Å²) in [6.07, 6.45) is 2.02. The molecule has 146 valence electrons. The molecular formula is C22H29NO4. The maximum Gasteiger partial charge on any atom is 0.165 e. The van der Waals surface area contributed by atoms with Gasteiger partial charge in [0.05, 0.1) is 11.0 Å². The summed E-state index contributed by atoms with van der Waals surface area (Å²) in [6.45, 7) is 6.51. The van der Waals surface area contributed by atoms with Gasteiger partial charge in [-0.3, -0.25) is 4.79 Å². The minimum atomic E-state index is -0.996. The van der Waals surface area contributed by atoms with Gasteiger partial charge in [-0.1, -0.05) is 18.2 Å². The van der Waals surface area contributed by atoms with E-state index in [1.54, 1.807) is 0 Å². The predicted molar refractivity (Wildman–Crippen MR) is 103 cm³/mol. The number of aliphatic hydroxyl groups is 2. The van der Waals surface area contributed by atoms with E-state index in [2.05, 4.69) is 31.9 Å². The molecule has 0 saturated carbocycles. The highest BCUT2D eigenvalue weighted by molar-refractivity contribution is 5.85. The second-order valence-electron chi connectivity index (χ2n) is 8.55. The largest absolute Gasteiger partial charge is 0.485 e. The van der Waals surface area contributed by atoms with Crippen LogP contribution in [0, 0.1) is 6.92 Å². The number of likely N-dealkylation sites (N-methyl/N-ethyl adjacent to an activating group) is 1. The zero-order valence-electron chi connectivity index (χ0n) is 16.5. The molecule has 0 bridgehead atoms. The number of ether oxygens (including phenoxy) is 1. The van der Waals surface area contributed by atoms with Gasteiger partial charge >= 0.3 is 0 Å². The number of hydrogen-bond donors (Lipinski definition) is 2. The van der Waals surface area contributed by atoms with Crippen molar-refractivity contribution in [2.75, 3.05) is 13.6 Å². The molecule has 0 aromatic heterocycles. The van der Waals surface area contributed by atoms with E-state index in [0.717, 1.165) is 35.4 Å². The molecular weight excluding hydrogens is 342 g/mol. The van der Waals surface area contributed by atoms with Crippen LogP contribution in [0.5, 0.6) is 5.75 Å². The van der Waals surface area contributed by atoms with Crippen molar-refractivity contribution in [3.63, 3.8) is 0 Å². The first-order valence-electron chi connectivity index (χ1n) is 9.81. The van der Waals surface area contributed by atoms with Crippen LogP contribution in [0.4, 0.5) is 0 Å². The maximum atomic E-state index is 12.3. The Hall–Kier alpha value is -1.69. The quantitative estimate of drug-likeness (QED) is 0.797. The lowest BCUT2D eigenvalue weighted by Gasteiger charge is -2.59. The number of piperidine rings is 1. The van der Waals surface area contributed by atoms with Gasteiger partial charge in [0, 0.05) is 18.0 Å². The molecule has 0 radical (unpaired) electrons. The highest BCUT2D eigenvalue weighted by Gasteiger charge is 2.67. The Balaban J connectivity index is 1.89. The minimum Gasteiger partial charge on any atom is -0.485 e. The third kappa shape index (κ3) is 2.38. The Morgan fingerprint density at radius 1 is 1.44 bits per heavy atom. The van der Waals surface area contributed by atoms with E-state index < -0.39 is 17.1 Å². The van der Waals surface area contributed by atoms with Crippen LogP contribution >= 0.6 is 0 Å². The monoisotopic (exact) mass is 371 g/mol. The van der Waals surface area contributed by atoms with Gasteiger partial charge in [-0.05, 0) is 64.4 Å². The van der Waals surface area contributed by atoms with Crippen molar-refractivity contribution < 1.29 is 19.7 Å². The number of fused-ring (bicyclic) bond motifs is 1. The SMILES string of the molecule is Cc1cccc2c1C13CCN(C)C(C)C1(O)CC=C(CC(=O)C(C)O)C3O2. The van der Waals surface area contributed by atoms with E-state index >= 15 is 0 Å². The van der Waals surface area contributed by atoms with Crippen LogP contribution in [-0.4, -0.2) is 58.3 Å². The van der Waals surface area contributed by atoms with Crippen LogP contribution in [0.1, 0.15) is 44.2 Å². The van der Waals surface area contributed by atoms with E-state index in [0.29, 0.717) is 6.42 Å². The third-order valence-corrected chi connectivity index (χ3v) is 7.21. The van der Waals surface area contributed by atoms with Gasteiger partial charge in [0.25, 0.3) is 0 Å². The average molecular weight is 371 g/mol. The predicted octanol–water partition coefficient (Wildman–Crippen LogP) is 2.12. The number of ketones is 1. The summed E-state index contributed by atoms with van der Waals surface area (Å²) in [6, 6.07) is 5.98. The van der Waals surface area contributed by atoms with Gasteiger partial charge in [-0.25, -0.2) is 0 Å². The Morgan fingerprint density at radius 2 is 2.19 bits per heavy atom. The van der Waals surface area contributed by atoms with Crippen molar-refractivity contribution in [2.24, 2.45) is 0 Å². The first-order valence-corrected chi connectivity index (χ1v) is 9.81. The lowest BCUT2D eigenvalue weighted by Crippen LogP contribution is -2.71. The molecule has 1 aliphatic carbocycles. The standard InChI is InChI=1S/C22H29NO4/c1-13-6-5-7-18-19(13)21-10-11-23(4)15(3)22(21,26)9-8-16(20(21)27-18)12-17(25)14(2)24/h5-8,14-15,20,24,26H,9-12H2,1-4H3. The first-order chi connectivity index (χ1) is 12.7. The second kappa shape index (κ2) is 6.16. The summed E-state index contributed by atoms with van der Waals surface area (Å²) in [5.74, 6) is 0.603. The highest BCUT2D eigenvalue weighted by Crippen LogP contribution is 2.61. The van der Waals surface area contributed by atoms with Crippen molar-refractivity contribution in [1.82, 2.24) is 4.90 Å². The summed E-state index contributed by atoms with van der Waals surface area (Å²) >= 11 is 0. The molecule has 1 saturated heterocycles. The van der Waals surface area contributed by atoms with E-state index in [4.69, 9.17) is 4.74 Å². The van der Waals surface area contributed by atoms with Crippen LogP contribution in [0.15, 0.2) is 29.8 Å². The molecule has 2 heterocycles. The van der Waals surface area contributed by atoms with Crippen LogP contribution in [0.25, 0.3) is 0 Å². The fourth-order valence-corrected chi connectivity index (χ4v) is 5.52. The maximum absolute atomic E-state index is 12.3. The van der Waals surface area contributed by atoms with Crippen molar-refractivity contribution in [3.8, 4) is 5.75 Å². The fourth-order valence-electron chi connectivity index (χ4n) is 5.52. The van der Waals surface area contributed by atoms with E-state index in [1.807, 2.05) is 18.2 Å². The van der Waals surface area contributed by atoms with Gasteiger partial charge < -0.3 is 19.8 Å². The number of aliphatic hydroxyl groups excluding tert-OH is 1. The lowest BCUT2D eigenvalue weighted by molar-refractivity contribution is -0.148. The Kier molecular flexibility index (Phi) is 4.26. The summed E-state index contributed by atoms with van der Waals surface area (Å²) in [7, 11) is 2.05. The zero-order chi connectivity index (χ0) is 19.6. The molecule has 5 atom stereocenters. The molecule has 1 aromatic rings. The number of carbonyl (C=O) groups excluding carboxylic acids is 1. The molecule has 0 amide bonds. The topological polar surface area (TPSA) is 70.0 Å². The van der Waals surface area contributed by atoms with Crippen LogP contribution in [0.3, 0.4) is 0 Å². The second-order valence-corrected chi connectivity index (χ2v) is 8.55. The Labute approximate surface area is 160 Å². The number of carbonyl (C=O) groups is 1. The van der Waals surface area contributed by atoms with Crippen LogP contribution in [-0.2, 0) is 10.2 Å². The Morgan fingerprint density at radius 3 is 2.89 bits per heavy atom. The van der Waals surface area contributed by atoms with Crippen molar-refractivity contribution in [2.45, 2.75) is 69.3 Å². The molecule has 5 unspecified atom stereocenters. The van der Waals surface area contributed by atoms with Crippen LogP contribution < -0.4 is 4.74 Å². The van der Waals surface area contributed by atoms with Gasteiger partial charge in [-0.15, -0.1) is 0 Å². The summed E-state index contributed by atoms with van der Waals surface area (Å²) < 4.78 is 6.41. The van der Waals surface area contributed by atoms with Crippen molar-refractivity contribution in [1.29, 1.82) is 0 Å². The van der Waals surface area contributed by atoms with E-state index in [9.17, 15) is 15.0 Å². The smallest absolute Gasteiger partial charge is 0.165 e. The summed E-state index contributed by atoms with van der Waals surface area (Å²) in [4.78, 5) is 14.5. The van der Waals surface area contributed by atoms with Gasteiger partial charge in [0.15, 0.2) is 5.78 Å². The number of Topliss-reactive ketones (excluding diaryl/α,β-unsaturated/α-hetero) is 1. The molecule has 1 aromatic carbocycles. The van der Waals surface area contributed by atoms with Crippen LogP contribution in [0.2, 0.25) is 0 Å². The van der Waals surface area contributed by atoms with Crippen molar-refractivity contribution in [3.05, 3.63) is 41.0 Å². The van der Waals surface area contributed by atoms with E-state index in [-0.39, 0.29) is 24.3 Å². The first kappa shape index (κ1) is 18.7. The fraction of sp³-hybridized carbons (Fsp3) is 0.591. The molecule has 2 N–H and O–H groups in total. The number of aryl methyl sites for hydroxylation is 1. The van der Waals surface area contributed by atoms with Gasteiger partial charge in [0.2, 0.25) is 0 Å². The molecule has 1 fully saturated rings. The molecule has 2 aliphatic heterocycles. The third-order valence-electron chi connectivity index (χ3n) is 7.21. The van der Waals surface area contributed by atoms with Crippen molar-refractivity contribution >= 4 is 5.78 Å². The number of rotatable bonds is 3. The number of likely N-dealkylation sites (tertiary alicyclic amines) is 1. The lowest BCUT2D eigenvalue weighted by atomic mass is 9.53. The highest BCUT2D eigenvalue weighted by atomic mass is 16.5. The molecule has 4 rings (SSSR count). The number of benzene rings is 1. The van der Waals surface area contributed by atoms with Gasteiger partial charge in [-0.2, -0.15) is 0 Å². The summed E-state index contributed by atoms with van der Waals surface area (Å²) in [5.41, 5.74) is 1.56.